The lowest BCUT2D eigenvalue weighted by Gasteiger charge is -2.64. The normalized spacial score (nSPS) is 56.5. The second-order valence-electron chi connectivity index (χ2n) is 12.9. The number of fused-ring (bicyclic) bond motifs is 3. The van der Waals surface area contributed by atoms with Crippen molar-refractivity contribution in [3.63, 3.8) is 0 Å². The van der Waals surface area contributed by atoms with Gasteiger partial charge in [-0.25, -0.2) is 0 Å². The van der Waals surface area contributed by atoms with Crippen LogP contribution in [0.1, 0.15) is 65.2 Å². The van der Waals surface area contributed by atoms with Crippen LogP contribution in [-0.2, 0) is 14.3 Å². The summed E-state index contributed by atoms with van der Waals surface area (Å²) in [6, 6.07) is 0. The minimum atomic E-state index is -1.71. The number of esters is 1. The third-order valence-corrected chi connectivity index (χ3v) is 11.3. The first-order valence-corrected chi connectivity index (χ1v) is 13.4. The first kappa shape index (κ1) is 26.7. The van der Waals surface area contributed by atoms with E-state index in [0.717, 1.165) is 32.1 Å². The van der Waals surface area contributed by atoms with E-state index in [-0.39, 0.29) is 35.2 Å². The lowest BCUT2D eigenvalue weighted by molar-refractivity contribution is -0.300. The van der Waals surface area contributed by atoms with Crippen LogP contribution in [0.4, 0.5) is 0 Å². The van der Waals surface area contributed by atoms with E-state index in [1.165, 1.54) is 0 Å². The highest BCUT2D eigenvalue weighted by molar-refractivity contribution is 5.78. The molecule has 4 aliphatic carbocycles. The molecular formula is C26H42O10. The van der Waals surface area contributed by atoms with E-state index in [4.69, 9.17) is 9.47 Å². The summed E-state index contributed by atoms with van der Waals surface area (Å²) in [5.74, 6) is -0.651. The number of aliphatic hydroxyl groups excluding tert-OH is 6. The van der Waals surface area contributed by atoms with Crippen LogP contribution in [-0.4, -0.2) is 97.3 Å². The number of rotatable bonds is 4. The molecule has 10 heteroatoms. The Morgan fingerprint density at radius 1 is 0.944 bits per heavy atom. The maximum absolute atomic E-state index is 13.7. The fourth-order valence-corrected chi connectivity index (χ4v) is 9.39. The average Bonchev–Trinajstić information content (AvgIpc) is 3.06. The van der Waals surface area contributed by atoms with Gasteiger partial charge in [0.15, 0.2) is 0 Å². The van der Waals surface area contributed by atoms with Gasteiger partial charge in [0.1, 0.15) is 24.4 Å². The topological polar surface area (TPSA) is 177 Å². The number of hydrogen-bond donors (Lipinski definition) is 7. The number of ether oxygens (including phenoxy) is 2. The quantitative estimate of drug-likeness (QED) is 0.241. The van der Waals surface area contributed by atoms with Gasteiger partial charge in [0.25, 0.3) is 0 Å². The predicted molar refractivity (Wildman–Crippen MR) is 124 cm³/mol. The highest BCUT2D eigenvalue weighted by Crippen LogP contribution is 2.73. The van der Waals surface area contributed by atoms with E-state index >= 15 is 0 Å². The number of carbonyl (C=O) groups excluding carboxylic acids is 1. The molecule has 0 aromatic carbocycles. The Hall–Kier alpha value is -0.850. The van der Waals surface area contributed by atoms with Crippen molar-refractivity contribution in [3.05, 3.63) is 0 Å². The Bertz CT molecular complexity index is 868. The van der Waals surface area contributed by atoms with Crippen molar-refractivity contribution in [2.45, 2.75) is 108 Å². The van der Waals surface area contributed by atoms with Crippen LogP contribution in [0, 0.1) is 34.0 Å². The van der Waals surface area contributed by atoms with Crippen molar-refractivity contribution in [1.29, 1.82) is 0 Å². The van der Waals surface area contributed by atoms with Crippen molar-refractivity contribution >= 4 is 5.97 Å². The van der Waals surface area contributed by atoms with Gasteiger partial charge in [-0.15, -0.1) is 0 Å². The first-order chi connectivity index (χ1) is 16.9. The molecule has 1 saturated heterocycles. The summed E-state index contributed by atoms with van der Waals surface area (Å²) >= 11 is 0. The monoisotopic (exact) mass is 514 g/mol. The summed E-state index contributed by atoms with van der Waals surface area (Å²) < 4.78 is 11.0. The predicted octanol–water partition coefficient (Wildman–Crippen LogP) is -0.563. The van der Waals surface area contributed by atoms with Gasteiger partial charge in [-0.1, -0.05) is 6.92 Å². The van der Waals surface area contributed by atoms with Crippen molar-refractivity contribution in [3.8, 4) is 0 Å². The minimum absolute atomic E-state index is 0.0793. The zero-order valence-corrected chi connectivity index (χ0v) is 21.1. The first-order valence-electron chi connectivity index (χ1n) is 13.4. The molecule has 0 amide bonds. The van der Waals surface area contributed by atoms with Crippen molar-refractivity contribution in [2.24, 2.45) is 34.0 Å². The summed E-state index contributed by atoms with van der Waals surface area (Å²) in [6.07, 6.45) is -3.00. The Labute approximate surface area is 211 Å². The van der Waals surface area contributed by atoms with Crippen LogP contribution in [0.15, 0.2) is 0 Å². The summed E-state index contributed by atoms with van der Waals surface area (Å²) in [6.45, 7) is 3.01. The molecule has 13 atom stereocenters. The lowest BCUT2D eigenvalue weighted by Crippen LogP contribution is -2.64. The zero-order chi connectivity index (χ0) is 26.3. The van der Waals surface area contributed by atoms with Crippen LogP contribution in [0.25, 0.3) is 0 Å². The van der Waals surface area contributed by atoms with Crippen LogP contribution >= 0.6 is 0 Å². The second kappa shape index (κ2) is 8.84. The Kier molecular flexibility index (Phi) is 6.57. The molecule has 5 fully saturated rings. The van der Waals surface area contributed by atoms with Gasteiger partial charge in [-0.3, -0.25) is 4.79 Å². The molecule has 5 aliphatic rings. The van der Waals surface area contributed by atoms with E-state index in [1.807, 2.05) is 0 Å². The SMILES string of the molecule is C[C@@]12CC[C@@H](O)[C@@](C)(C(=O)O[C@@H]3O[C@H](CO)[C@@H](O)[C@H](O)[C@H]3O)[C@H]1CC[C@]13C[C@H](CC[C@H]12)[C@](O)(CO)C3. The summed E-state index contributed by atoms with van der Waals surface area (Å²) in [5.41, 5.74) is -2.75. The van der Waals surface area contributed by atoms with Gasteiger partial charge < -0.3 is 45.2 Å². The fraction of sp³-hybridized carbons (Fsp3) is 0.962. The molecule has 10 nitrogen and oxygen atoms in total. The molecule has 0 radical (unpaired) electrons. The molecule has 1 spiro atoms. The van der Waals surface area contributed by atoms with Crippen LogP contribution < -0.4 is 0 Å². The molecule has 36 heavy (non-hydrogen) atoms. The van der Waals surface area contributed by atoms with E-state index < -0.39 is 60.4 Å². The Morgan fingerprint density at radius 3 is 2.33 bits per heavy atom. The molecule has 206 valence electrons. The summed E-state index contributed by atoms with van der Waals surface area (Å²) in [4.78, 5) is 13.7. The smallest absolute Gasteiger partial charge is 0.317 e. The summed E-state index contributed by atoms with van der Waals surface area (Å²) in [5, 5.41) is 72.3. The van der Waals surface area contributed by atoms with Gasteiger partial charge >= 0.3 is 5.97 Å². The maximum atomic E-state index is 13.7. The highest BCUT2D eigenvalue weighted by Gasteiger charge is 2.70. The number of hydrogen-bond acceptors (Lipinski definition) is 10. The highest BCUT2D eigenvalue weighted by atomic mass is 16.7. The van der Waals surface area contributed by atoms with Gasteiger partial charge in [0, 0.05) is 0 Å². The minimum Gasteiger partial charge on any atom is -0.432 e. The molecule has 7 N–H and O–H groups in total. The number of aliphatic hydroxyl groups is 7. The molecule has 5 rings (SSSR count). The molecule has 4 saturated carbocycles. The molecule has 0 aromatic heterocycles. The molecular weight excluding hydrogens is 472 g/mol. The van der Waals surface area contributed by atoms with Crippen LogP contribution in [0.3, 0.4) is 0 Å². The van der Waals surface area contributed by atoms with Gasteiger partial charge in [-0.05, 0) is 86.9 Å². The van der Waals surface area contributed by atoms with Crippen LogP contribution in [0.2, 0.25) is 0 Å². The molecule has 1 heterocycles. The largest absolute Gasteiger partial charge is 0.432 e. The average molecular weight is 515 g/mol. The van der Waals surface area contributed by atoms with E-state index in [9.17, 15) is 40.5 Å². The van der Waals surface area contributed by atoms with E-state index in [2.05, 4.69) is 6.92 Å². The molecule has 0 aromatic rings. The van der Waals surface area contributed by atoms with Gasteiger partial charge in [0.2, 0.25) is 6.29 Å². The fourth-order valence-electron chi connectivity index (χ4n) is 9.39. The molecule has 2 bridgehead atoms. The zero-order valence-electron chi connectivity index (χ0n) is 21.1. The van der Waals surface area contributed by atoms with Crippen molar-refractivity contribution in [2.75, 3.05) is 13.2 Å². The van der Waals surface area contributed by atoms with Crippen LogP contribution in [0.5, 0.6) is 0 Å². The van der Waals surface area contributed by atoms with Gasteiger partial charge in [-0.2, -0.15) is 0 Å². The lowest BCUT2D eigenvalue weighted by atomic mass is 9.40. The van der Waals surface area contributed by atoms with Crippen molar-refractivity contribution in [1.82, 2.24) is 0 Å². The third-order valence-electron chi connectivity index (χ3n) is 11.3. The Balaban J connectivity index is 1.41. The van der Waals surface area contributed by atoms with E-state index in [0.29, 0.717) is 19.3 Å². The standard InChI is InChI=1S/C26H42O10/c1-23-7-6-17(29)24(2,22(33)36-21-20(32)19(31)18(30)14(10-27)35-21)15(23)5-8-25-9-13(3-4-16(23)25)26(34,11-25)12-28/h13-21,27-32,34H,3-12H2,1-2H3/t13-,14+,15-,16-,17+,18+,19-,20+,21-,23+,24-,25+,26+/m0/s1. The summed E-state index contributed by atoms with van der Waals surface area (Å²) in [7, 11) is 0. The number of carbonyl (C=O) groups is 1. The molecule has 1 aliphatic heterocycles. The van der Waals surface area contributed by atoms with E-state index in [1.54, 1.807) is 6.92 Å². The second-order valence-corrected chi connectivity index (χ2v) is 12.9. The Morgan fingerprint density at radius 2 is 1.67 bits per heavy atom. The van der Waals surface area contributed by atoms with Gasteiger partial charge in [0.05, 0.1) is 30.3 Å². The third kappa shape index (κ3) is 3.56. The van der Waals surface area contributed by atoms with Crippen molar-refractivity contribution < 1.29 is 50.0 Å². The molecule has 0 unspecified atom stereocenters. The maximum Gasteiger partial charge on any atom is 0.317 e.